The molecule has 1 aromatic rings. The number of likely N-dealkylation sites (tertiary alicyclic amines) is 1. The second kappa shape index (κ2) is 13.7. The number of esters is 1. The fourth-order valence-corrected chi connectivity index (χ4v) is 5.46. The van der Waals surface area contributed by atoms with E-state index >= 15 is 0 Å². The van der Waals surface area contributed by atoms with Gasteiger partial charge in [-0.05, 0) is 26.3 Å². The molecule has 230 valence electrons. The van der Waals surface area contributed by atoms with Crippen molar-refractivity contribution in [1.29, 1.82) is 0 Å². The summed E-state index contributed by atoms with van der Waals surface area (Å²) in [5, 5.41) is 46.9. The summed E-state index contributed by atoms with van der Waals surface area (Å²) in [4.78, 5) is 77.2. The molecule has 1 saturated heterocycles. The first-order valence-electron chi connectivity index (χ1n) is 12.9. The van der Waals surface area contributed by atoms with E-state index in [-0.39, 0.29) is 35.6 Å². The van der Waals surface area contributed by atoms with Crippen LogP contribution in [-0.4, -0.2) is 116 Å². The monoisotopic (exact) mass is 611 g/mol. The number of benzene rings is 1. The van der Waals surface area contributed by atoms with Gasteiger partial charge in [-0.15, -0.1) is 0 Å². The Hall–Kier alpha value is -4.09. The lowest BCUT2D eigenvalue weighted by atomic mass is 10.1. The number of nitrogens with zero attached hydrogens (tertiary/aromatic N) is 1. The van der Waals surface area contributed by atoms with Gasteiger partial charge in [-0.3, -0.25) is 24.0 Å². The number of nitrogens with two attached hydrogens (primary N) is 1. The molecule has 2 aliphatic rings. The fourth-order valence-electron chi connectivity index (χ4n) is 4.36. The molecule has 0 aliphatic carbocycles. The van der Waals surface area contributed by atoms with Crippen molar-refractivity contribution < 1.29 is 53.9 Å². The smallest absolute Gasteiger partial charge is 0.338 e. The normalized spacial score (nSPS) is 24.5. The number of ether oxygens (including phenoxy) is 1. The maximum Gasteiger partial charge on any atom is 0.338 e. The summed E-state index contributed by atoms with van der Waals surface area (Å²) in [6.45, 7) is 1.86. The molecule has 0 saturated carbocycles. The maximum atomic E-state index is 13.3. The molecule has 42 heavy (non-hydrogen) atoms. The van der Waals surface area contributed by atoms with Gasteiger partial charge in [0.2, 0.25) is 23.6 Å². The molecule has 1 fully saturated rings. The molecule has 1 aromatic carbocycles. The lowest BCUT2D eigenvalue weighted by Crippen LogP contribution is -2.60. The van der Waals surface area contributed by atoms with Crippen LogP contribution in [0.15, 0.2) is 12.1 Å². The fraction of sp³-hybridized carbons (Fsp3) is 0.520. The van der Waals surface area contributed by atoms with Gasteiger partial charge in [-0.25, -0.2) is 4.79 Å². The number of fused-ring (bicyclic) bond motifs is 1. The number of phenolic OH excluding ortho intramolecular Hbond substituents is 2. The van der Waals surface area contributed by atoms with Crippen LogP contribution in [0.5, 0.6) is 11.5 Å². The molecule has 17 heteroatoms. The summed E-state index contributed by atoms with van der Waals surface area (Å²) in [7, 11) is 0. The molecule has 0 unspecified atom stereocenters. The number of hydrogen-bond donors (Lipinski definition) is 8. The molecule has 4 amide bonds. The Morgan fingerprint density at radius 1 is 1.17 bits per heavy atom. The zero-order valence-corrected chi connectivity index (χ0v) is 23.6. The Morgan fingerprint density at radius 2 is 1.86 bits per heavy atom. The van der Waals surface area contributed by atoms with E-state index < -0.39 is 90.0 Å². The molecule has 3 rings (SSSR count). The van der Waals surface area contributed by atoms with E-state index in [2.05, 4.69) is 16.0 Å². The Morgan fingerprint density at radius 3 is 2.50 bits per heavy atom. The molecule has 0 bridgehead atoms. The number of thioether (sulfide) groups is 1. The SMILES string of the molecule is C[C@H](N)C(=O)N1CC[C@@H](O)[C@H]1C(=O)N[C@@H]1COC(=O)c2cc(O)cc(O)c2CSC[C@@H](C(=O)N[C@@H](C)C(=O)O)NC1=O. The standard InChI is InChI=1S/C25H33N5O11S/c1-10(26)23(37)30-4-3-17(32)19(30)22(36)28-15-7-41-25(40)13-5-12(31)6-18(33)14(13)8-42-9-16(29-20(15)34)21(35)27-11(2)24(38)39/h5-6,10-11,15-17,19,31-33H,3-4,7-9,26H2,1-2H3,(H,27,35)(H,28,36)(H,29,34)(H,38,39)/t10-,11-,15+,16-,17+,19-/m0/s1. The highest BCUT2D eigenvalue weighted by Crippen LogP contribution is 2.31. The zero-order valence-electron chi connectivity index (χ0n) is 22.7. The molecular formula is C25H33N5O11S. The van der Waals surface area contributed by atoms with Crippen molar-refractivity contribution in [1.82, 2.24) is 20.9 Å². The number of rotatable bonds is 6. The molecular weight excluding hydrogens is 578 g/mol. The van der Waals surface area contributed by atoms with Gasteiger partial charge in [0, 0.05) is 29.7 Å². The summed E-state index contributed by atoms with van der Waals surface area (Å²) >= 11 is 1.000. The van der Waals surface area contributed by atoms with Crippen molar-refractivity contribution in [3.8, 4) is 11.5 Å². The van der Waals surface area contributed by atoms with Crippen molar-refractivity contribution in [3.05, 3.63) is 23.3 Å². The number of aliphatic carboxylic acids is 1. The predicted molar refractivity (Wildman–Crippen MR) is 145 cm³/mol. The van der Waals surface area contributed by atoms with Crippen molar-refractivity contribution in [2.24, 2.45) is 5.73 Å². The Labute approximate surface area is 243 Å². The number of carbonyl (C=O) groups is 6. The van der Waals surface area contributed by atoms with Crippen LogP contribution >= 0.6 is 11.8 Å². The van der Waals surface area contributed by atoms with Crippen LogP contribution in [0.1, 0.15) is 36.2 Å². The largest absolute Gasteiger partial charge is 0.508 e. The van der Waals surface area contributed by atoms with Crippen LogP contribution in [0, 0.1) is 0 Å². The number of aliphatic hydroxyl groups excluding tert-OH is 1. The van der Waals surface area contributed by atoms with Crippen molar-refractivity contribution in [2.45, 2.75) is 62.3 Å². The minimum atomic E-state index is -1.65. The Balaban J connectivity index is 1.93. The second-order valence-corrected chi connectivity index (χ2v) is 10.9. The maximum absolute atomic E-state index is 13.3. The molecule has 6 atom stereocenters. The van der Waals surface area contributed by atoms with Crippen LogP contribution in [0.4, 0.5) is 0 Å². The van der Waals surface area contributed by atoms with Gasteiger partial charge >= 0.3 is 11.9 Å². The van der Waals surface area contributed by atoms with Crippen molar-refractivity contribution >= 4 is 47.3 Å². The summed E-state index contributed by atoms with van der Waals surface area (Å²) < 4.78 is 5.24. The summed E-state index contributed by atoms with van der Waals surface area (Å²) in [5.41, 5.74) is 5.49. The second-order valence-electron chi connectivity index (χ2n) is 9.92. The van der Waals surface area contributed by atoms with Gasteiger partial charge < -0.3 is 51.7 Å². The lowest BCUT2D eigenvalue weighted by molar-refractivity contribution is -0.142. The van der Waals surface area contributed by atoms with E-state index in [1.165, 1.54) is 13.8 Å². The molecule has 0 aromatic heterocycles. The third kappa shape index (κ3) is 7.59. The summed E-state index contributed by atoms with van der Waals surface area (Å²) in [6, 6.07) is -4.63. The quantitative estimate of drug-likeness (QED) is 0.153. The van der Waals surface area contributed by atoms with Crippen LogP contribution in [0.3, 0.4) is 0 Å². The third-order valence-corrected chi connectivity index (χ3v) is 7.71. The zero-order chi connectivity index (χ0) is 31.3. The minimum Gasteiger partial charge on any atom is -0.508 e. The van der Waals surface area contributed by atoms with Gasteiger partial charge in [-0.2, -0.15) is 11.8 Å². The average molecular weight is 612 g/mol. The number of aromatic hydroxyl groups is 2. The third-order valence-electron chi connectivity index (χ3n) is 6.65. The van der Waals surface area contributed by atoms with Gasteiger partial charge in [0.25, 0.3) is 0 Å². The van der Waals surface area contributed by atoms with E-state index in [4.69, 9.17) is 10.5 Å². The average Bonchev–Trinajstić information content (AvgIpc) is 3.30. The molecule has 0 spiro atoms. The molecule has 2 aliphatic heterocycles. The molecule has 9 N–H and O–H groups in total. The lowest BCUT2D eigenvalue weighted by Gasteiger charge is -2.29. The van der Waals surface area contributed by atoms with E-state index in [1.807, 2.05) is 0 Å². The van der Waals surface area contributed by atoms with Crippen LogP contribution < -0.4 is 21.7 Å². The molecule has 2 heterocycles. The summed E-state index contributed by atoms with van der Waals surface area (Å²) in [6.07, 6.45) is -1.22. The number of amides is 4. The molecule has 16 nitrogen and oxygen atoms in total. The first-order valence-corrected chi connectivity index (χ1v) is 14.0. The Bertz CT molecular complexity index is 1260. The van der Waals surface area contributed by atoms with Gasteiger partial charge in [-0.1, -0.05) is 0 Å². The topological polar surface area (TPSA) is 258 Å². The van der Waals surface area contributed by atoms with Gasteiger partial charge in [0.05, 0.1) is 17.7 Å². The highest BCUT2D eigenvalue weighted by molar-refractivity contribution is 7.98. The van der Waals surface area contributed by atoms with Crippen LogP contribution in [0.25, 0.3) is 0 Å². The van der Waals surface area contributed by atoms with Gasteiger partial charge in [0.15, 0.2) is 0 Å². The summed E-state index contributed by atoms with van der Waals surface area (Å²) in [5.74, 6) is -6.88. The minimum absolute atomic E-state index is 0.0243. The predicted octanol–water partition coefficient (Wildman–Crippen LogP) is -2.63. The Kier molecular flexibility index (Phi) is 10.6. The van der Waals surface area contributed by atoms with Gasteiger partial charge in [0.1, 0.15) is 42.3 Å². The van der Waals surface area contributed by atoms with E-state index in [0.717, 1.165) is 28.8 Å². The first-order chi connectivity index (χ1) is 19.7. The van der Waals surface area contributed by atoms with Crippen molar-refractivity contribution in [2.75, 3.05) is 18.9 Å². The number of carboxylic acid groups (broad SMARTS) is 1. The number of carbonyl (C=O) groups excluding carboxylic acids is 5. The highest BCUT2D eigenvalue weighted by atomic mass is 32.2. The van der Waals surface area contributed by atoms with Crippen LogP contribution in [0.2, 0.25) is 0 Å². The number of phenols is 2. The van der Waals surface area contributed by atoms with Crippen molar-refractivity contribution in [3.63, 3.8) is 0 Å². The van der Waals surface area contributed by atoms with E-state index in [1.54, 1.807) is 0 Å². The highest BCUT2D eigenvalue weighted by Gasteiger charge is 2.43. The molecule has 0 radical (unpaired) electrons. The number of carboxylic acids is 1. The first kappa shape index (κ1) is 32.4. The van der Waals surface area contributed by atoms with Crippen LogP contribution in [-0.2, 0) is 34.5 Å². The van der Waals surface area contributed by atoms with E-state index in [0.29, 0.717) is 0 Å². The number of hydrogen-bond acceptors (Lipinski definition) is 12. The number of nitrogens with one attached hydrogen (secondary N) is 3. The number of aliphatic hydroxyl groups is 1. The number of cyclic esters (lactones) is 1. The van der Waals surface area contributed by atoms with E-state index in [9.17, 15) is 49.2 Å².